The largest absolute Gasteiger partial charge is 0.495 e. The lowest BCUT2D eigenvalue weighted by atomic mass is 10.1. The lowest BCUT2D eigenvalue weighted by Crippen LogP contribution is -2.29. The number of nitrogens with zero attached hydrogens (tertiary/aromatic N) is 1. The van der Waals surface area contributed by atoms with Crippen LogP contribution < -0.4 is 14.8 Å². The third kappa shape index (κ3) is 4.93. The van der Waals surface area contributed by atoms with Crippen LogP contribution in [-0.4, -0.2) is 38.1 Å². The molecule has 27 heavy (non-hydrogen) atoms. The Labute approximate surface area is 165 Å². The molecule has 0 aromatic heterocycles. The molecule has 3 rings (SSSR count). The maximum Gasteiger partial charge on any atom is 0.255 e. The monoisotopic (exact) mass is 388 g/mol. The zero-order chi connectivity index (χ0) is 19.2. The number of hydrogen-bond donors (Lipinski definition) is 1. The van der Waals surface area contributed by atoms with Crippen LogP contribution in [0.15, 0.2) is 36.4 Å². The van der Waals surface area contributed by atoms with Crippen molar-refractivity contribution >= 4 is 23.2 Å². The average molecular weight is 389 g/mol. The van der Waals surface area contributed by atoms with Crippen molar-refractivity contribution in [3.8, 4) is 11.5 Å². The van der Waals surface area contributed by atoms with Gasteiger partial charge in [0.1, 0.15) is 11.5 Å². The molecular weight excluding hydrogens is 364 g/mol. The van der Waals surface area contributed by atoms with Gasteiger partial charge in [-0.2, -0.15) is 0 Å². The summed E-state index contributed by atoms with van der Waals surface area (Å²) >= 11 is 6.11. The van der Waals surface area contributed by atoms with Crippen molar-refractivity contribution in [2.24, 2.45) is 0 Å². The Morgan fingerprint density at radius 2 is 1.70 bits per heavy atom. The predicted molar refractivity (Wildman–Crippen MR) is 108 cm³/mol. The number of benzene rings is 2. The molecule has 1 amide bonds. The summed E-state index contributed by atoms with van der Waals surface area (Å²) in [6.45, 7) is 3.24. The van der Waals surface area contributed by atoms with E-state index < -0.39 is 0 Å². The highest BCUT2D eigenvalue weighted by molar-refractivity contribution is 6.32. The molecule has 144 valence electrons. The molecule has 0 radical (unpaired) electrons. The molecule has 0 unspecified atom stereocenters. The number of halogens is 1. The van der Waals surface area contributed by atoms with Gasteiger partial charge in [0.05, 0.1) is 24.9 Å². The zero-order valence-electron chi connectivity index (χ0n) is 15.8. The standard InChI is InChI=1S/C21H25ClN2O3/c1-26-19-13-18(20(27-2)12-17(19)22)23-21(25)16-8-6-15(7-9-16)14-24-10-4-3-5-11-24/h6-9,12-13H,3-5,10-11,14H2,1-2H3,(H,23,25). The molecule has 0 atom stereocenters. The van der Waals surface area contributed by atoms with E-state index in [9.17, 15) is 4.79 Å². The molecule has 0 saturated carbocycles. The predicted octanol–water partition coefficient (Wildman–Crippen LogP) is 4.60. The van der Waals surface area contributed by atoms with Gasteiger partial charge in [0.15, 0.2) is 0 Å². The third-order valence-electron chi connectivity index (χ3n) is 4.79. The van der Waals surface area contributed by atoms with Crippen LogP contribution in [0.2, 0.25) is 5.02 Å². The second-order valence-corrected chi connectivity index (χ2v) is 7.08. The lowest BCUT2D eigenvalue weighted by Gasteiger charge is -2.26. The second kappa shape index (κ2) is 9.11. The number of methoxy groups -OCH3 is 2. The number of nitrogens with one attached hydrogen (secondary N) is 1. The maximum atomic E-state index is 12.6. The molecule has 5 nitrogen and oxygen atoms in total. The lowest BCUT2D eigenvalue weighted by molar-refractivity contribution is 0.102. The van der Waals surface area contributed by atoms with Crippen molar-refractivity contribution in [3.05, 3.63) is 52.5 Å². The summed E-state index contributed by atoms with van der Waals surface area (Å²) in [6, 6.07) is 11.0. The summed E-state index contributed by atoms with van der Waals surface area (Å²) in [6.07, 6.45) is 3.87. The van der Waals surface area contributed by atoms with Gasteiger partial charge in [-0.15, -0.1) is 0 Å². The van der Waals surface area contributed by atoms with E-state index in [1.807, 2.05) is 24.3 Å². The molecule has 1 saturated heterocycles. The Morgan fingerprint density at radius 1 is 1.04 bits per heavy atom. The van der Waals surface area contributed by atoms with Crippen LogP contribution >= 0.6 is 11.6 Å². The normalized spacial score (nSPS) is 14.6. The Morgan fingerprint density at radius 3 is 2.33 bits per heavy atom. The van der Waals surface area contributed by atoms with Crippen LogP contribution in [0.3, 0.4) is 0 Å². The van der Waals surface area contributed by atoms with E-state index in [2.05, 4.69) is 10.2 Å². The zero-order valence-corrected chi connectivity index (χ0v) is 16.5. The molecular formula is C21H25ClN2O3. The Balaban J connectivity index is 1.69. The molecule has 6 heteroatoms. The van der Waals surface area contributed by atoms with Crippen LogP contribution in [0.1, 0.15) is 35.2 Å². The maximum absolute atomic E-state index is 12.6. The van der Waals surface area contributed by atoms with Gasteiger partial charge < -0.3 is 14.8 Å². The SMILES string of the molecule is COc1cc(NC(=O)c2ccc(CN3CCCCC3)cc2)c(OC)cc1Cl. The van der Waals surface area contributed by atoms with Gasteiger partial charge in [-0.3, -0.25) is 9.69 Å². The molecule has 0 aliphatic carbocycles. The van der Waals surface area contributed by atoms with Gasteiger partial charge in [-0.05, 0) is 43.6 Å². The fourth-order valence-electron chi connectivity index (χ4n) is 3.29. The molecule has 0 bridgehead atoms. The quantitative estimate of drug-likeness (QED) is 0.786. The van der Waals surface area contributed by atoms with E-state index in [4.69, 9.17) is 21.1 Å². The highest BCUT2D eigenvalue weighted by atomic mass is 35.5. The van der Waals surface area contributed by atoms with Gasteiger partial charge >= 0.3 is 0 Å². The van der Waals surface area contributed by atoms with Gasteiger partial charge in [0, 0.05) is 24.2 Å². The molecule has 2 aromatic carbocycles. The Bertz CT molecular complexity index is 787. The molecule has 1 fully saturated rings. The highest BCUT2D eigenvalue weighted by Gasteiger charge is 2.15. The van der Waals surface area contributed by atoms with E-state index in [0.717, 1.165) is 19.6 Å². The van der Waals surface area contributed by atoms with Crippen molar-refractivity contribution in [2.45, 2.75) is 25.8 Å². The van der Waals surface area contributed by atoms with Crippen LogP contribution in [0.4, 0.5) is 5.69 Å². The van der Waals surface area contributed by atoms with Gasteiger partial charge in [0.2, 0.25) is 0 Å². The second-order valence-electron chi connectivity index (χ2n) is 6.67. The topological polar surface area (TPSA) is 50.8 Å². The van der Waals surface area contributed by atoms with E-state index in [1.54, 1.807) is 12.1 Å². The van der Waals surface area contributed by atoms with Gasteiger partial charge in [-0.25, -0.2) is 0 Å². The van der Waals surface area contributed by atoms with E-state index in [0.29, 0.717) is 27.8 Å². The van der Waals surface area contributed by atoms with Crippen molar-refractivity contribution in [2.75, 3.05) is 32.6 Å². The summed E-state index contributed by atoms with van der Waals surface area (Å²) in [7, 11) is 3.06. The average Bonchev–Trinajstić information content (AvgIpc) is 2.70. The first-order valence-electron chi connectivity index (χ1n) is 9.15. The fraction of sp³-hybridized carbons (Fsp3) is 0.381. The summed E-state index contributed by atoms with van der Waals surface area (Å²) in [4.78, 5) is 15.1. The van der Waals surface area contributed by atoms with Crippen LogP contribution in [-0.2, 0) is 6.54 Å². The Kier molecular flexibility index (Phi) is 6.58. The van der Waals surface area contributed by atoms with E-state index in [1.165, 1.54) is 39.0 Å². The first kappa shape index (κ1) is 19.5. The molecule has 1 N–H and O–H groups in total. The summed E-state index contributed by atoms with van der Waals surface area (Å²) in [5.74, 6) is 0.753. The fourth-order valence-corrected chi connectivity index (χ4v) is 3.52. The van der Waals surface area contributed by atoms with Crippen LogP contribution in [0.5, 0.6) is 11.5 Å². The minimum Gasteiger partial charge on any atom is -0.495 e. The van der Waals surface area contributed by atoms with Gasteiger partial charge in [-0.1, -0.05) is 30.2 Å². The van der Waals surface area contributed by atoms with Crippen molar-refractivity contribution in [1.82, 2.24) is 4.90 Å². The summed E-state index contributed by atoms with van der Waals surface area (Å²) in [5, 5.41) is 3.29. The number of carbonyl (C=O) groups excluding carboxylic acids is 1. The number of carbonyl (C=O) groups is 1. The number of hydrogen-bond acceptors (Lipinski definition) is 4. The molecule has 0 spiro atoms. The number of anilines is 1. The molecule has 2 aromatic rings. The van der Waals surface area contributed by atoms with Gasteiger partial charge in [0.25, 0.3) is 5.91 Å². The third-order valence-corrected chi connectivity index (χ3v) is 5.09. The first-order chi connectivity index (χ1) is 13.1. The van der Waals surface area contributed by atoms with E-state index >= 15 is 0 Å². The number of likely N-dealkylation sites (tertiary alicyclic amines) is 1. The molecule has 1 aliphatic rings. The minimum absolute atomic E-state index is 0.206. The summed E-state index contributed by atoms with van der Waals surface area (Å²) in [5.41, 5.74) is 2.33. The smallest absolute Gasteiger partial charge is 0.255 e. The van der Waals surface area contributed by atoms with Crippen LogP contribution in [0.25, 0.3) is 0 Å². The first-order valence-corrected chi connectivity index (χ1v) is 9.52. The number of amides is 1. The van der Waals surface area contributed by atoms with Crippen molar-refractivity contribution in [3.63, 3.8) is 0 Å². The van der Waals surface area contributed by atoms with Crippen molar-refractivity contribution in [1.29, 1.82) is 0 Å². The van der Waals surface area contributed by atoms with Crippen LogP contribution in [0, 0.1) is 0 Å². The Hall–Kier alpha value is -2.24. The summed E-state index contributed by atoms with van der Waals surface area (Å²) < 4.78 is 10.5. The number of rotatable bonds is 6. The van der Waals surface area contributed by atoms with Crippen molar-refractivity contribution < 1.29 is 14.3 Å². The number of ether oxygens (including phenoxy) is 2. The van der Waals surface area contributed by atoms with E-state index in [-0.39, 0.29) is 5.91 Å². The molecule has 1 heterocycles. The minimum atomic E-state index is -0.206. The number of piperidine rings is 1. The highest BCUT2D eigenvalue weighted by Crippen LogP contribution is 2.36. The molecule has 1 aliphatic heterocycles.